The fraction of sp³-hybridized carbons (Fsp3) is 0.444. The van der Waals surface area contributed by atoms with Gasteiger partial charge in [-0.2, -0.15) is 5.10 Å². The van der Waals surface area contributed by atoms with Crippen molar-refractivity contribution in [2.45, 2.75) is 33.4 Å². The maximum absolute atomic E-state index is 4.72. The first-order valence-corrected chi connectivity index (χ1v) is 8.21. The van der Waals surface area contributed by atoms with E-state index in [9.17, 15) is 0 Å². The Morgan fingerprint density at radius 3 is 2.74 bits per heavy atom. The van der Waals surface area contributed by atoms with Gasteiger partial charge in [0.05, 0.1) is 0 Å². The number of rotatable bonds is 7. The maximum atomic E-state index is 4.72. The number of aryl methyl sites for hydroxylation is 2. The Bertz CT molecular complexity index is 586. The van der Waals surface area contributed by atoms with Crippen LogP contribution in [0.15, 0.2) is 47.7 Å². The number of hydrogen-bond acceptors (Lipinski definition) is 2. The van der Waals surface area contributed by atoms with E-state index in [1.807, 2.05) is 23.1 Å². The summed E-state index contributed by atoms with van der Waals surface area (Å²) in [4.78, 5) is 6.89. The summed E-state index contributed by atoms with van der Waals surface area (Å²) in [6, 6.07) is 10.6. The number of nitrogens with one attached hydrogen (secondary N) is 1. The second-order valence-electron chi connectivity index (χ2n) is 5.70. The van der Waals surface area contributed by atoms with E-state index >= 15 is 0 Å². The molecule has 0 atom stereocenters. The van der Waals surface area contributed by atoms with Gasteiger partial charge in [-0.1, -0.05) is 29.8 Å². The Kier molecular flexibility index (Phi) is 6.66. The number of hydrogen-bond donors (Lipinski definition) is 1. The van der Waals surface area contributed by atoms with Crippen molar-refractivity contribution < 1.29 is 0 Å². The minimum Gasteiger partial charge on any atom is -0.357 e. The average Bonchev–Trinajstić information content (AvgIpc) is 3.06. The van der Waals surface area contributed by atoms with Gasteiger partial charge in [0, 0.05) is 45.6 Å². The lowest BCUT2D eigenvalue weighted by Gasteiger charge is -2.22. The molecule has 0 saturated heterocycles. The molecule has 0 amide bonds. The third-order valence-corrected chi connectivity index (χ3v) is 3.60. The first-order chi connectivity index (χ1) is 11.2. The smallest absolute Gasteiger partial charge is 0.193 e. The van der Waals surface area contributed by atoms with Crippen LogP contribution in [0.4, 0.5) is 0 Å². The van der Waals surface area contributed by atoms with Crippen molar-refractivity contribution in [1.82, 2.24) is 20.0 Å². The van der Waals surface area contributed by atoms with Crippen LogP contribution in [-0.2, 0) is 13.1 Å². The third-order valence-electron chi connectivity index (χ3n) is 3.60. The SMILES string of the molecule is CCNC(=NCCCn1cccn1)N(C)Cc1ccc(C)cc1. The molecule has 0 saturated carbocycles. The van der Waals surface area contributed by atoms with E-state index in [2.05, 4.69) is 60.5 Å². The van der Waals surface area contributed by atoms with Crippen LogP contribution in [-0.4, -0.2) is 40.8 Å². The van der Waals surface area contributed by atoms with Crippen molar-refractivity contribution >= 4 is 5.96 Å². The molecule has 5 nitrogen and oxygen atoms in total. The Labute approximate surface area is 139 Å². The molecule has 1 N–H and O–H groups in total. The summed E-state index contributed by atoms with van der Waals surface area (Å²) < 4.78 is 1.94. The van der Waals surface area contributed by atoms with Crippen LogP contribution in [0.1, 0.15) is 24.5 Å². The molecule has 124 valence electrons. The van der Waals surface area contributed by atoms with Gasteiger partial charge in [0.15, 0.2) is 5.96 Å². The van der Waals surface area contributed by atoms with Gasteiger partial charge in [0.2, 0.25) is 0 Å². The van der Waals surface area contributed by atoms with E-state index in [4.69, 9.17) is 4.99 Å². The minimum absolute atomic E-state index is 0.792. The van der Waals surface area contributed by atoms with Gasteiger partial charge >= 0.3 is 0 Å². The van der Waals surface area contributed by atoms with E-state index < -0.39 is 0 Å². The molecular weight excluding hydrogens is 286 g/mol. The summed E-state index contributed by atoms with van der Waals surface area (Å²) in [6.07, 6.45) is 4.77. The molecule has 2 rings (SSSR count). The van der Waals surface area contributed by atoms with Gasteiger partial charge in [-0.15, -0.1) is 0 Å². The molecule has 0 aliphatic carbocycles. The van der Waals surface area contributed by atoms with E-state index in [-0.39, 0.29) is 0 Å². The van der Waals surface area contributed by atoms with Crippen molar-refractivity contribution in [2.24, 2.45) is 4.99 Å². The highest BCUT2D eigenvalue weighted by atomic mass is 15.3. The Morgan fingerprint density at radius 1 is 1.30 bits per heavy atom. The van der Waals surface area contributed by atoms with Crippen molar-refractivity contribution in [3.8, 4) is 0 Å². The van der Waals surface area contributed by atoms with Crippen molar-refractivity contribution in [3.63, 3.8) is 0 Å². The average molecular weight is 313 g/mol. The molecule has 23 heavy (non-hydrogen) atoms. The summed E-state index contributed by atoms with van der Waals surface area (Å²) in [5.41, 5.74) is 2.58. The van der Waals surface area contributed by atoms with Crippen LogP contribution >= 0.6 is 0 Å². The fourth-order valence-electron chi connectivity index (χ4n) is 2.36. The van der Waals surface area contributed by atoms with Crippen LogP contribution in [0.3, 0.4) is 0 Å². The molecular formula is C18H27N5. The molecule has 0 aliphatic rings. The number of aliphatic imine (C=N–C) groups is 1. The van der Waals surface area contributed by atoms with Gasteiger partial charge < -0.3 is 10.2 Å². The number of aromatic nitrogens is 2. The predicted octanol–water partition coefficient (Wildman–Crippen LogP) is 2.68. The highest BCUT2D eigenvalue weighted by molar-refractivity contribution is 5.79. The molecule has 5 heteroatoms. The Hall–Kier alpha value is -2.30. The molecule has 0 fully saturated rings. The van der Waals surface area contributed by atoms with Gasteiger partial charge in [-0.25, -0.2) is 0 Å². The molecule has 0 bridgehead atoms. The van der Waals surface area contributed by atoms with Crippen LogP contribution in [0.5, 0.6) is 0 Å². The summed E-state index contributed by atoms with van der Waals surface area (Å²) in [7, 11) is 2.08. The summed E-state index contributed by atoms with van der Waals surface area (Å²) in [6.45, 7) is 7.62. The van der Waals surface area contributed by atoms with Gasteiger partial charge in [0.25, 0.3) is 0 Å². The zero-order valence-electron chi connectivity index (χ0n) is 14.4. The Balaban J connectivity index is 1.87. The van der Waals surface area contributed by atoms with Crippen molar-refractivity contribution in [3.05, 3.63) is 53.9 Å². The molecule has 0 unspecified atom stereocenters. The zero-order chi connectivity index (χ0) is 16.5. The topological polar surface area (TPSA) is 45.5 Å². The number of benzene rings is 1. The highest BCUT2D eigenvalue weighted by Gasteiger charge is 2.06. The standard InChI is InChI=1S/C18H27N5/c1-4-19-18(20-11-5-13-23-14-6-12-21-23)22(3)15-17-9-7-16(2)8-10-17/h6-10,12,14H,4-5,11,13,15H2,1-3H3,(H,19,20). The second-order valence-corrected chi connectivity index (χ2v) is 5.70. The lowest BCUT2D eigenvalue weighted by molar-refractivity contribution is 0.475. The fourth-order valence-corrected chi connectivity index (χ4v) is 2.36. The minimum atomic E-state index is 0.792. The molecule has 1 aromatic carbocycles. The Morgan fingerprint density at radius 2 is 2.09 bits per heavy atom. The molecule has 0 aliphatic heterocycles. The first kappa shape index (κ1) is 17.1. The molecule has 1 aromatic heterocycles. The lowest BCUT2D eigenvalue weighted by Crippen LogP contribution is -2.38. The van der Waals surface area contributed by atoms with E-state index in [1.54, 1.807) is 0 Å². The maximum Gasteiger partial charge on any atom is 0.193 e. The van der Waals surface area contributed by atoms with Crippen LogP contribution in [0, 0.1) is 6.92 Å². The molecule has 0 spiro atoms. The van der Waals surface area contributed by atoms with E-state index in [1.165, 1.54) is 11.1 Å². The van der Waals surface area contributed by atoms with Gasteiger partial charge in [-0.3, -0.25) is 9.67 Å². The van der Waals surface area contributed by atoms with Gasteiger partial charge in [-0.05, 0) is 31.9 Å². The first-order valence-electron chi connectivity index (χ1n) is 8.21. The summed E-state index contributed by atoms with van der Waals surface area (Å²) in [5.74, 6) is 0.952. The van der Waals surface area contributed by atoms with Crippen molar-refractivity contribution in [2.75, 3.05) is 20.1 Å². The zero-order valence-corrected chi connectivity index (χ0v) is 14.4. The highest BCUT2D eigenvalue weighted by Crippen LogP contribution is 2.06. The quantitative estimate of drug-likeness (QED) is 0.486. The lowest BCUT2D eigenvalue weighted by atomic mass is 10.1. The van der Waals surface area contributed by atoms with Crippen molar-refractivity contribution in [1.29, 1.82) is 0 Å². The normalized spacial score (nSPS) is 11.5. The van der Waals surface area contributed by atoms with E-state index in [0.29, 0.717) is 0 Å². The van der Waals surface area contributed by atoms with Crippen LogP contribution < -0.4 is 5.32 Å². The van der Waals surface area contributed by atoms with Crippen LogP contribution in [0.2, 0.25) is 0 Å². The third kappa shape index (κ3) is 5.77. The van der Waals surface area contributed by atoms with E-state index in [0.717, 1.165) is 38.6 Å². The summed E-state index contributed by atoms with van der Waals surface area (Å²) >= 11 is 0. The van der Waals surface area contributed by atoms with Crippen LogP contribution in [0.25, 0.3) is 0 Å². The predicted molar refractivity (Wildman–Crippen MR) is 95.5 cm³/mol. The molecule has 0 radical (unpaired) electrons. The van der Waals surface area contributed by atoms with Gasteiger partial charge in [0.1, 0.15) is 0 Å². The largest absolute Gasteiger partial charge is 0.357 e. The number of guanidine groups is 1. The monoisotopic (exact) mass is 313 g/mol. The summed E-state index contributed by atoms with van der Waals surface area (Å²) in [5, 5.41) is 7.57. The molecule has 2 aromatic rings. The molecule has 1 heterocycles. The number of nitrogens with zero attached hydrogens (tertiary/aromatic N) is 4. The second kappa shape index (κ2) is 8.98.